The SMILES string of the molecule is C1CC(CCOc2nnc(CNC3CC3)s2)C1. The van der Waals surface area contributed by atoms with Gasteiger partial charge in [-0.25, -0.2) is 0 Å². The standard InChI is InChI=1S/C12H19N3OS/c1-2-9(3-1)6-7-16-12-15-14-11(17-12)8-13-10-4-5-10/h9-10,13H,1-8H2. The van der Waals surface area contributed by atoms with Crippen molar-refractivity contribution in [2.45, 2.75) is 51.1 Å². The summed E-state index contributed by atoms with van der Waals surface area (Å²) in [4.78, 5) is 0. The Bertz CT molecular complexity index is 360. The van der Waals surface area contributed by atoms with Crippen molar-refractivity contribution in [1.29, 1.82) is 0 Å². The first-order valence-corrected chi connectivity index (χ1v) is 7.40. The van der Waals surface area contributed by atoms with Crippen molar-refractivity contribution in [3.05, 3.63) is 5.01 Å². The van der Waals surface area contributed by atoms with Gasteiger partial charge in [0.25, 0.3) is 5.19 Å². The van der Waals surface area contributed by atoms with E-state index in [1.807, 2.05) is 0 Å². The average Bonchev–Trinajstić information content (AvgIpc) is 2.99. The van der Waals surface area contributed by atoms with E-state index in [4.69, 9.17) is 4.74 Å². The highest BCUT2D eigenvalue weighted by Gasteiger charge is 2.21. The van der Waals surface area contributed by atoms with Crippen molar-refractivity contribution in [2.24, 2.45) is 5.92 Å². The second-order valence-electron chi connectivity index (χ2n) is 5.05. The highest BCUT2D eigenvalue weighted by molar-refractivity contribution is 7.13. The number of hydrogen-bond acceptors (Lipinski definition) is 5. The molecule has 2 fully saturated rings. The smallest absolute Gasteiger partial charge is 0.294 e. The Hall–Kier alpha value is -0.680. The average molecular weight is 253 g/mol. The number of hydrogen-bond donors (Lipinski definition) is 1. The molecule has 1 aromatic heterocycles. The molecular weight excluding hydrogens is 234 g/mol. The van der Waals surface area contributed by atoms with E-state index in [1.54, 1.807) is 11.3 Å². The Kier molecular flexibility index (Phi) is 3.57. The minimum atomic E-state index is 0.724. The zero-order chi connectivity index (χ0) is 11.5. The second kappa shape index (κ2) is 5.31. The van der Waals surface area contributed by atoms with Gasteiger partial charge in [-0.05, 0) is 25.2 Å². The van der Waals surface area contributed by atoms with Gasteiger partial charge in [0.2, 0.25) is 0 Å². The van der Waals surface area contributed by atoms with Crippen LogP contribution in [0.15, 0.2) is 0 Å². The molecule has 94 valence electrons. The van der Waals surface area contributed by atoms with Gasteiger partial charge in [0, 0.05) is 6.04 Å². The van der Waals surface area contributed by atoms with Gasteiger partial charge < -0.3 is 10.1 Å². The fourth-order valence-corrected chi connectivity index (χ4v) is 2.64. The molecule has 2 aliphatic carbocycles. The Balaban J connectivity index is 1.36. The first-order valence-electron chi connectivity index (χ1n) is 6.59. The van der Waals surface area contributed by atoms with Crippen LogP contribution in [0, 0.1) is 5.92 Å². The number of nitrogens with zero attached hydrogens (tertiary/aromatic N) is 2. The predicted molar refractivity (Wildman–Crippen MR) is 67.2 cm³/mol. The van der Waals surface area contributed by atoms with Gasteiger partial charge >= 0.3 is 0 Å². The van der Waals surface area contributed by atoms with E-state index in [-0.39, 0.29) is 0 Å². The van der Waals surface area contributed by atoms with E-state index < -0.39 is 0 Å². The predicted octanol–water partition coefficient (Wildman–Crippen LogP) is 2.36. The number of ether oxygens (including phenoxy) is 1. The van der Waals surface area contributed by atoms with E-state index in [1.165, 1.54) is 38.5 Å². The molecular formula is C12H19N3OS. The molecule has 0 saturated heterocycles. The molecule has 1 N–H and O–H groups in total. The number of aromatic nitrogens is 2. The van der Waals surface area contributed by atoms with Crippen molar-refractivity contribution in [2.75, 3.05) is 6.61 Å². The zero-order valence-corrected chi connectivity index (χ0v) is 10.8. The molecule has 0 spiro atoms. The summed E-state index contributed by atoms with van der Waals surface area (Å²) >= 11 is 1.57. The maximum absolute atomic E-state index is 5.63. The van der Waals surface area contributed by atoms with Crippen LogP contribution in [0.3, 0.4) is 0 Å². The molecule has 3 rings (SSSR count). The molecule has 2 aliphatic rings. The summed E-state index contributed by atoms with van der Waals surface area (Å²) in [5, 5.41) is 13.4. The minimum absolute atomic E-state index is 0.724. The monoisotopic (exact) mass is 253 g/mol. The lowest BCUT2D eigenvalue weighted by molar-refractivity contribution is 0.220. The molecule has 2 saturated carbocycles. The molecule has 0 amide bonds. The van der Waals surface area contributed by atoms with E-state index >= 15 is 0 Å². The molecule has 1 heterocycles. The van der Waals surface area contributed by atoms with E-state index in [0.717, 1.165) is 35.3 Å². The Morgan fingerprint density at radius 1 is 1.24 bits per heavy atom. The third-order valence-electron chi connectivity index (χ3n) is 3.54. The van der Waals surface area contributed by atoms with Crippen LogP contribution in [0.2, 0.25) is 0 Å². The van der Waals surface area contributed by atoms with Crippen LogP contribution in [-0.4, -0.2) is 22.8 Å². The summed E-state index contributed by atoms with van der Waals surface area (Å²) in [7, 11) is 0. The van der Waals surface area contributed by atoms with Crippen molar-refractivity contribution < 1.29 is 4.74 Å². The van der Waals surface area contributed by atoms with Gasteiger partial charge in [0.15, 0.2) is 0 Å². The number of rotatable bonds is 7. The summed E-state index contributed by atoms with van der Waals surface area (Å²) in [5.74, 6) is 0.902. The molecule has 0 aliphatic heterocycles. The Morgan fingerprint density at radius 3 is 2.82 bits per heavy atom. The van der Waals surface area contributed by atoms with Gasteiger partial charge in [-0.3, -0.25) is 0 Å². The van der Waals surface area contributed by atoms with Crippen LogP contribution in [0.1, 0.15) is 43.5 Å². The van der Waals surface area contributed by atoms with Gasteiger partial charge in [-0.1, -0.05) is 30.6 Å². The van der Waals surface area contributed by atoms with Gasteiger partial charge in [-0.2, -0.15) is 0 Å². The van der Waals surface area contributed by atoms with E-state index in [0.29, 0.717) is 0 Å². The van der Waals surface area contributed by atoms with Gasteiger partial charge in [0.05, 0.1) is 13.2 Å². The zero-order valence-electron chi connectivity index (χ0n) is 10.0. The lowest BCUT2D eigenvalue weighted by Gasteiger charge is -2.24. The highest BCUT2D eigenvalue weighted by atomic mass is 32.1. The molecule has 0 unspecified atom stereocenters. The molecule has 0 atom stereocenters. The van der Waals surface area contributed by atoms with Gasteiger partial charge in [0.1, 0.15) is 5.01 Å². The quantitative estimate of drug-likeness (QED) is 0.810. The largest absolute Gasteiger partial charge is 0.469 e. The lowest BCUT2D eigenvalue weighted by Crippen LogP contribution is -2.14. The van der Waals surface area contributed by atoms with E-state index in [9.17, 15) is 0 Å². The van der Waals surface area contributed by atoms with Crippen molar-refractivity contribution in [3.8, 4) is 5.19 Å². The van der Waals surface area contributed by atoms with Crippen molar-refractivity contribution in [3.63, 3.8) is 0 Å². The summed E-state index contributed by atoms with van der Waals surface area (Å²) in [6.45, 7) is 1.64. The normalized spacial score (nSPS) is 20.2. The Morgan fingerprint density at radius 2 is 2.12 bits per heavy atom. The maximum Gasteiger partial charge on any atom is 0.294 e. The summed E-state index contributed by atoms with van der Waals surface area (Å²) < 4.78 is 5.63. The van der Waals surface area contributed by atoms with Crippen LogP contribution in [0.4, 0.5) is 0 Å². The third-order valence-corrected chi connectivity index (χ3v) is 4.38. The third kappa shape index (κ3) is 3.39. The molecule has 4 nitrogen and oxygen atoms in total. The topological polar surface area (TPSA) is 47.0 Å². The minimum Gasteiger partial charge on any atom is -0.469 e. The fraction of sp³-hybridized carbons (Fsp3) is 0.833. The van der Waals surface area contributed by atoms with Gasteiger partial charge in [-0.15, -0.1) is 10.2 Å². The maximum atomic E-state index is 5.63. The molecule has 0 bridgehead atoms. The molecule has 0 aromatic carbocycles. The van der Waals surface area contributed by atoms with Crippen molar-refractivity contribution >= 4 is 11.3 Å². The van der Waals surface area contributed by atoms with E-state index in [2.05, 4.69) is 15.5 Å². The van der Waals surface area contributed by atoms with Crippen LogP contribution >= 0.6 is 11.3 Å². The molecule has 5 heteroatoms. The molecule has 17 heavy (non-hydrogen) atoms. The van der Waals surface area contributed by atoms with Crippen molar-refractivity contribution in [1.82, 2.24) is 15.5 Å². The first kappa shape index (κ1) is 11.4. The van der Waals surface area contributed by atoms with Crippen LogP contribution < -0.4 is 10.1 Å². The first-order chi connectivity index (χ1) is 8.40. The van der Waals surface area contributed by atoms with Crippen LogP contribution in [0.25, 0.3) is 0 Å². The summed E-state index contributed by atoms with van der Waals surface area (Å²) in [6, 6.07) is 0.724. The molecule has 0 radical (unpaired) electrons. The van der Waals surface area contributed by atoms with Crippen LogP contribution in [0.5, 0.6) is 5.19 Å². The highest BCUT2D eigenvalue weighted by Crippen LogP contribution is 2.29. The Labute approximate surface area is 106 Å². The summed E-state index contributed by atoms with van der Waals surface area (Å²) in [5.41, 5.74) is 0. The second-order valence-corrected chi connectivity index (χ2v) is 6.08. The number of nitrogens with one attached hydrogen (secondary N) is 1. The lowest BCUT2D eigenvalue weighted by atomic mass is 9.83. The molecule has 1 aromatic rings. The van der Waals surface area contributed by atoms with Crippen LogP contribution in [-0.2, 0) is 6.54 Å². The summed E-state index contributed by atoms with van der Waals surface area (Å²) in [6.07, 6.45) is 7.97. The fourth-order valence-electron chi connectivity index (χ4n) is 1.98.